The molecule has 0 amide bonds. The van der Waals surface area contributed by atoms with Gasteiger partial charge in [0, 0.05) is 0 Å². The first-order valence-corrected chi connectivity index (χ1v) is 3.57. The van der Waals surface area contributed by atoms with Gasteiger partial charge in [0.1, 0.15) is 19.2 Å². The van der Waals surface area contributed by atoms with E-state index in [2.05, 4.69) is 6.58 Å². The summed E-state index contributed by atoms with van der Waals surface area (Å²) < 4.78 is 5.30. The first-order valence-electron chi connectivity index (χ1n) is 3.57. The van der Waals surface area contributed by atoms with Crippen LogP contribution >= 0.6 is 0 Å². The van der Waals surface area contributed by atoms with E-state index in [4.69, 9.17) is 4.74 Å². The first kappa shape index (κ1) is 7.72. The number of hydrogen-bond donors (Lipinski definition) is 1. The maximum atomic E-state index is 10.8. The lowest BCUT2D eigenvalue weighted by Gasteiger charge is -2.31. The monoisotopic (exact) mass is 143 g/mol. The van der Waals surface area contributed by atoms with Gasteiger partial charge in [0.2, 0.25) is 0 Å². The van der Waals surface area contributed by atoms with Gasteiger partial charge in [0.15, 0.2) is 0 Å². The summed E-state index contributed by atoms with van der Waals surface area (Å²) in [6.45, 7) is 5.35. The molecule has 0 bridgehead atoms. The third kappa shape index (κ3) is 2.10. The molecule has 1 fully saturated rings. The number of rotatable bonds is 2. The van der Waals surface area contributed by atoms with E-state index >= 15 is 0 Å². The van der Waals surface area contributed by atoms with Crippen molar-refractivity contribution in [1.29, 1.82) is 0 Å². The van der Waals surface area contributed by atoms with Gasteiger partial charge in [0.05, 0.1) is 6.61 Å². The first-order chi connectivity index (χ1) is 4.83. The molecule has 1 heterocycles. The van der Waals surface area contributed by atoms with E-state index in [-0.39, 0.29) is 6.10 Å². The Hall–Kier alpha value is -0.380. The van der Waals surface area contributed by atoms with Crippen LogP contribution in [0.25, 0.3) is 0 Å². The maximum Gasteiger partial charge on any atom is 0.110 e. The van der Waals surface area contributed by atoms with E-state index in [0.717, 1.165) is 6.42 Å². The zero-order chi connectivity index (χ0) is 7.40. The second-order valence-electron chi connectivity index (χ2n) is 2.51. The highest BCUT2D eigenvalue weighted by Crippen LogP contribution is 1.98. The fourth-order valence-electron chi connectivity index (χ4n) is 1.09. The van der Waals surface area contributed by atoms with Crippen molar-refractivity contribution in [1.82, 2.24) is 0 Å². The summed E-state index contributed by atoms with van der Waals surface area (Å²) in [5.41, 5.74) is 0. The van der Waals surface area contributed by atoms with Crippen LogP contribution in [-0.2, 0) is 4.74 Å². The zero-order valence-corrected chi connectivity index (χ0v) is 6.01. The molecule has 2 unspecified atom stereocenters. The number of nitrogens with one attached hydrogen (secondary N) is 1. The van der Waals surface area contributed by atoms with E-state index in [9.17, 15) is 5.21 Å². The highest BCUT2D eigenvalue weighted by molar-refractivity contribution is 4.73. The van der Waals surface area contributed by atoms with Gasteiger partial charge in [-0.05, 0) is 6.42 Å². The van der Waals surface area contributed by atoms with Crippen molar-refractivity contribution in [3.05, 3.63) is 17.9 Å². The molecular formula is C7H13NO2. The minimum absolute atomic E-state index is 0.110. The smallest absolute Gasteiger partial charge is 0.110 e. The van der Waals surface area contributed by atoms with Crippen molar-refractivity contribution in [3.63, 3.8) is 0 Å². The van der Waals surface area contributed by atoms with Crippen molar-refractivity contribution < 1.29 is 9.80 Å². The molecule has 0 spiro atoms. The molecule has 1 saturated heterocycles. The molecule has 0 radical (unpaired) electrons. The van der Waals surface area contributed by atoms with Gasteiger partial charge in [-0.1, -0.05) is 6.08 Å². The van der Waals surface area contributed by atoms with Crippen LogP contribution in [0.3, 0.4) is 0 Å². The van der Waals surface area contributed by atoms with Crippen molar-refractivity contribution in [2.45, 2.75) is 12.5 Å². The summed E-state index contributed by atoms with van der Waals surface area (Å²) in [5, 5.41) is 11.2. The molecule has 1 N–H and O–H groups in total. The largest absolute Gasteiger partial charge is 0.634 e. The third-order valence-corrected chi connectivity index (χ3v) is 1.62. The number of hydrogen-bond acceptors (Lipinski definition) is 2. The van der Waals surface area contributed by atoms with Crippen molar-refractivity contribution in [2.24, 2.45) is 0 Å². The number of ether oxygens (including phenoxy) is 1. The summed E-state index contributed by atoms with van der Waals surface area (Å²) in [4.78, 5) is 0. The second-order valence-corrected chi connectivity index (χ2v) is 2.51. The van der Waals surface area contributed by atoms with E-state index in [1.807, 2.05) is 0 Å². The van der Waals surface area contributed by atoms with Gasteiger partial charge < -0.3 is 15.0 Å². The predicted molar refractivity (Wildman–Crippen MR) is 38.6 cm³/mol. The second kappa shape index (κ2) is 3.71. The van der Waals surface area contributed by atoms with Crippen LogP contribution < -0.4 is 5.06 Å². The Morgan fingerprint density at radius 2 is 2.60 bits per heavy atom. The third-order valence-electron chi connectivity index (χ3n) is 1.62. The Morgan fingerprint density at radius 1 is 1.80 bits per heavy atom. The van der Waals surface area contributed by atoms with Gasteiger partial charge in [-0.15, -0.1) is 6.58 Å². The molecule has 0 saturated carbocycles. The normalized spacial score (nSPS) is 33.7. The minimum atomic E-state index is 0.110. The number of quaternary nitrogens is 1. The van der Waals surface area contributed by atoms with E-state index < -0.39 is 0 Å². The Labute approximate surface area is 60.9 Å². The van der Waals surface area contributed by atoms with E-state index in [1.165, 1.54) is 0 Å². The lowest BCUT2D eigenvalue weighted by molar-refractivity contribution is -0.861. The standard InChI is InChI=1S/C7H13NO2/c1-2-3-7-6-8(9)4-5-10-7/h2,7-8H,1,3-6H2. The quantitative estimate of drug-likeness (QED) is 0.411. The van der Waals surface area contributed by atoms with Crippen LogP contribution in [0.4, 0.5) is 0 Å². The molecular weight excluding hydrogens is 130 g/mol. The molecule has 0 aromatic carbocycles. The molecule has 3 heteroatoms. The van der Waals surface area contributed by atoms with Crippen LogP contribution in [0.1, 0.15) is 6.42 Å². The van der Waals surface area contributed by atoms with Crippen molar-refractivity contribution in [3.8, 4) is 0 Å². The van der Waals surface area contributed by atoms with E-state index in [1.54, 1.807) is 6.08 Å². The highest BCUT2D eigenvalue weighted by Gasteiger charge is 2.16. The molecule has 3 nitrogen and oxygen atoms in total. The Balaban J connectivity index is 2.24. The fourth-order valence-corrected chi connectivity index (χ4v) is 1.09. The molecule has 0 aliphatic carbocycles. The Kier molecular flexibility index (Phi) is 2.86. The molecule has 58 valence electrons. The zero-order valence-electron chi connectivity index (χ0n) is 6.01. The van der Waals surface area contributed by atoms with Gasteiger partial charge in [-0.3, -0.25) is 0 Å². The lowest BCUT2D eigenvalue weighted by atomic mass is 10.2. The molecule has 2 atom stereocenters. The summed E-state index contributed by atoms with van der Waals surface area (Å²) in [7, 11) is 0. The van der Waals surface area contributed by atoms with Crippen molar-refractivity contribution in [2.75, 3.05) is 19.7 Å². The Bertz CT molecular complexity index is 116. The van der Waals surface area contributed by atoms with Gasteiger partial charge in [0.25, 0.3) is 0 Å². The molecule has 1 rings (SSSR count). The van der Waals surface area contributed by atoms with Crippen LogP contribution in [0.15, 0.2) is 12.7 Å². The summed E-state index contributed by atoms with van der Waals surface area (Å²) in [6, 6.07) is 0. The van der Waals surface area contributed by atoms with Gasteiger partial charge >= 0.3 is 0 Å². The fraction of sp³-hybridized carbons (Fsp3) is 0.714. The minimum Gasteiger partial charge on any atom is -0.634 e. The number of morpholine rings is 1. The topological polar surface area (TPSA) is 36.7 Å². The Morgan fingerprint density at radius 3 is 3.20 bits per heavy atom. The lowest BCUT2D eigenvalue weighted by Crippen LogP contribution is -3.10. The molecule has 0 aromatic rings. The molecule has 10 heavy (non-hydrogen) atoms. The van der Waals surface area contributed by atoms with Crippen LogP contribution in [0.2, 0.25) is 0 Å². The van der Waals surface area contributed by atoms with E-state index in [0.29, 0.717) is 24.8 Å². The van der Waals surface area contributed by atoms with Gasteiger partial charge in [-0.2, -0.15) is 0 Å². The predicted octanol–water partition coefficient (Wildman–Crippen LogP) is -0.656. The SMILES string of the molecule is C=CCC1C[NH+]([O-])CCO1. The summed E-state index contributed by atoms with van der Waals surface area (Å²) in [6.07, 6.45) is 2.70. The summed E-state index contributed by atoms with van der Waals surface area (Å²) >= 11 is 0. The molecule has 0 aromatic heterocycles. The number of hydroxylamine groups is 2. The molecule has 1 aliphatic rings. The average molecular weight is 143 g/mol. The highest BCUT2D eigenvalue weighted by atomic mass is 16.5. The maximum absolute atomic E-state index is 10.8. The van der Waals surface area contributed by atoms with Crippen molar-refractivity contribution >= 4 is 0 Å². The average Bonchev–Trinajstić information content (AvgIpc) is 1.88. The summed E-state index contributed by atoms with van der Waals surface area (Å²) in [5.74, 6) is 0. The molecule has 1 aliphatic heterocycles. The van der Waals surface area contributed by atoms with Crippen LogP contribution in [-0.4, -0.2) is 25.8 Å². The van der Waals surface area contributed by atoms with Gasteiger partial charge in [-0.25, -0.2) is 0 Å². The van der Waals surface area contributed by atoms with Crippen LogP contribution in [0.5, 0.6) is 0 Å². The van der Waals surface area contributed by atoms with Crippen LogP contribution in [0, 0.1) is 5.21 Å².